The molecule has 1 aliphatic rings. The highest BCUT2D eigenvalue weighted by Gasteiger charge is 2.19. The van der Waals surface area contributed by atoms with E-state index in [1.54, 1.807) is 45.1 Å². The van der Waals surface area contributed by atoms with Crippen molar-refractivity contribution in [2.75, 3.05) is 21.3 Å². The van der Waals surface area contributed by atoms with Gasteiger partial charge in [0.2, 0.25) is 10.6 Å². The average molecular weight is 467 g/mol. The summed E-state index contributed by atoms with van der Waals surface area (Å²) in [6, 6.07) is 7.72. The summed E-state index contributed by atoms with van der Waals surface area (Å²) in [5.74, 6) is 2.57. The molecule has 2 aromatic heterocycles. The molecular weight excluding hydrogens is 436 g/mol. The van der Waals surface area contributed by atoms with Crippen LogP contribution in [0.4, 0.5) is 5.69 Å². The SMILES string of the molecule is CCC1CCC(=Nn2c(-c3cc(OC)c(OC)c(OC)c3)csc2=Nc2cccnc2)CC1. The molecule has 1 aliphatic carbocycles. The van der Waals surface area contributed by atoms with Crippen LogP contribution >= 0.6 is 11.3 Å². The Balaban J connectivity index is 1.85. The van der Waals surface area contributed by atoms with Crippen LogP contribution in [0.3, 0.4) is 0 Å². The Hall–Kier alpha value is -3.13. The van der Waals surface area contributed by atoms with Gasteiger partial charge in [0.25, 0.3) is 0 Å². The lowest BCUT2D eigenvalue weighted by Crippen LogP contribution is -2.18. The number of hydrogen-bond acceptors (Lipinski definition) is 7. The Bertz CT molecular complexity index is 1150. The number of ether oxygens (including phenoxy) is 3. The molecule has 0 aliphatic heterocycles. The first-order valence-electron chi connectivity index (χ1n) is 11.2. The van der Waals surface area contributed by atoms with Crippen LogP contribution in [0, 0.1) is 5.92 Å². The third-order valence-corrected chi connectivity index (χ3v) is 6.83. The van der Waals surface area contributed by atoms with E-state index in [2.05, 4.69) is 17.3 Å². The van der Waals surface area contributed by atoms with Crippen LogP contribution in [-0.4, -0.2) is 36.7 Å². The number of hydrogen-bond donors (Lipinski definition) is 0. The highest BCUT2D eigenvalue weighted by molar-refractivity contribution is 7.07. The molecular formula is C25H30N4O3S. The summed E-state index contributed by atoms with van der Waals surface area (Å²) in [4.78, 5) is 9.81. The second-order valence-electron chi connectivity index (χ2n) is 7.97. The second-order valence-corrected chi connectivity index (χ2v) is 8.81. The van der Waals surface area contributed by atoms with Crippen LogP contribution in [0.5, 0.6) is 17.2 Å². The molecule has 1 fully saturated rings. The van der Waals surface area contributed by atoms with Gasteiger partial charge in [0, 0.05) is 22.9 Å². The molecule has 2 heterocycles. The quantitative estimate of drug-likeness (QED) is 0.450. The summed E-state index contributed by atoms with van der Waals surface area (Å²) in [5.41, 5.74) is 3.84. The molecule has 33 heavy (non-hydrogen) atoms. The Labute approximate surface area is 198 Å². The summed E-state index contributed by atoms with van der Waals surface area (Å²) in [5, 5.41) is 7.16. The zero-order valence-corrected chi connectivity index (χ0v) is 20.4. The molecule has 1 aromatic carbocycles. The van der Waals surface area contributed by atoms with Crippen molar-refractivity contribution in [1.29, 1.82) is 0 Å². The van der Waals surface area contributed by atoms with Crippen LogP contribution in [0.2, 0.25) is 0 Å². The fraction of sp³-hybridized carbons (Fsp3) is 0.400. The summed E-state index contributed by atoms with van der Waals surface area (Å²) in [6.45, 7) is 2.27. The zero-order chi connectivity index (χ0) is 23.2. The molecule has 0 saturated heterocycles. The Morgan fingerprint density at radius 1 is 1.09 bits per heavy atom. The molecule has 7 nitrogen and oxygen atoms in total. The van der Waals surface area contributed by atoms with Gasteiger partial charge in [-0.25, -0.2) is 9.67 Å². The minimum Gasteiger partial charge on any atom is -0.493 e. The van der Waals surface area contributed by atoms with Gasteiger partial charge in [0.15, 0.2) is 11.5 Å². The Morgan fingerprint density at radius 3 is 2.39 bits per heavy atom. The monoisotopic (exact) mass is 466 g/mol. The van der Waals surface area contributed by atoms with Gasteiger partial charge in [-0.05, 0) is 55.9 Å². The molecule has 0 amide bonds. The molecule has 0 radical (unpaired) electrons. The van der Waals surface area contributed by atoms with Crippen molar-refractivity contribution in [1.82, 2.24) is 9.66 Å². The van der Waals surface area contributed by atoms with E-state index in [1.165, 1.54) is 25.0 Å². The van der Waals surface area contributed by atoms with Crippen molar-refractivity contribution < 1.29 is 14.2 Å². The fourth-order valence-corrected chi connectivity index (χ4v) is 4.94. The molecule has 1 saturated carbocycles. The van der Waals surface area contributed by atoms with Crippen molar-refractivity contribution in [2.24, 2.45) is 16.0 Å². The summed E-state index contributed by atoms with van der Waals surface area (Å²) in [6.07, 6.45) is 9.14. The highest BCUT2D eigenvalue weighted by Crippen LogP contribution is 2.41. The van der Waals surface area contributed by atoms with Crippen molar-refractivity contribution >= 4 is 22.7 Å². The van der Waals surface area contributed by atoms with E-state index in [4.69, 9.17) is 24.3 Å². The molecule has 0 N–H and O–H groups in total. The van der Waals surface area contributed by atoms with Gasteiger partial charge in [0.1, 0.15) is 0 Å². The van der Waals surface area contributed by atoms with Gasteiger partial charge in [0.05, 0.1) is 38.9 Å². The topological polar surface area (TPSA) is 70.2 Å². The first kappa shape index (κ1) is 23.0. The molecule has 0 atom stereocenters. The number of methoxy groups -OCH3 is 3. The van der Waals surface area contributed by atoms with Crippen LogP contribution in [0.1, 0.15) is 39.0 Å². The van der Waals surface area contributed by atoms with Gasteiger partial charge in [-0.15, -0.1) is 11.3 Å². The Kier molecular flexibility index (Phi) is 7.44. The lowest BCUT2D eigenvalue weighted by atomic mass is 9.86. The Morgan fingerprint density at radius 2 is 1.82 bits per heavy atom. The van der Waals surface area contributed by atoms with E-state index in [0.29, 0.717) is 17.2 Å². The first-order valence-corrected chi connectivity index (χ1v) is 12.1. The maximum atomic E-state index is 5.58. The zero-order valence-electron chi connectivity index (χ0n) is 19.6. The lowest BCUT2D eigenvalue weighted by molar-refractivity contribution is 0.324. The molecule has 3 aromatic rings. The van der Waals surface area contributed by atoms with Gasteiger partial charge < -0.3 is 14.2 Å². The molecule has 4 rings (SSSR count). The van der Waals surface area contributed by atoms with Crippen molar-refractivity contribution in [2.45, 2.75) is 39.0 Å². The number of thiazole rings is 1. The predicted molar refractivity (Wildman–Crippen MR) is 132 cm³/mol. The van der Waals surface area contributed by atoms with Gasteiger partial charge >= 0.3 is 0 Å². The summed E-state index contributed by atoms with van der Waals surface area (Å²) >= 11 is 1.54. The molecule has 8 heteroatoms. The van der Waals surface area contributed by atoms with Crippen LogP contribution in [0.25, 0.3) is 11.3 Å². The number of benzene rings is 1. The minimum atomic E-state index is 0.565. The summed E-state index contributed by atoms with van der Waals surface area (Å²) < 4.78 is 18.6. The number of aromatic nitrogens is 2. The van der Waals surface area contributed by atoms with Gasteiger partial charge in [-0.2, -0.15) is 5.10 Å². The number of pyridine rings is 1. The maximum Gasteiger partial charge on any atom is 0.211 e. The highest BCUT2D eigenvalue weighted by atomic mass is 32.1. The van der Waals surface area contributed by atoms with Crippen LogP contribution in [-0.2, 0) is 0 Å². The lowest BCUT2D eigenvalue weighted by Gasteiger charge is -2.21. The average Bonchev–Trinajstić information content (AvgIpc) is 3.25. The van der Waals surface area contributed by atoms with E-state index >= 15 is 0 Å². The largest absolute Gasteiger partial charge is 0.493 e. The maximum absolute atomic E-state index is 5.58. The van der Waals surface area contributed by atoms with E-state index in [-0.39, 0.29) is 0 Å². The van der Waals surface area contributed by atoms with Crippen molar-refractivity contribution in [3.63, 3.8) is 0 Å². The third-order valence-electron chi connectivity index (χ3n) is 6.02. The first-order chi connectivity index (χ1) is 16.2. The third kappa shape index (κ3) is 5.11. The van der Waals surface area contributed by atoms with E-state index in [9.17, 15) is 0 Å². The minimum absolute atomic E-state index is 0.565. The van der Waals surface area contributed by atoms with Crippen molar-refractivity contribution in [3.8, 4) is 28.5 Å². The standard InChI is InChI=1S/C25H30N4O3S/c1-5-17-8-10-19(11-9-17)28-29-21(16-33-25(29)27-20-7-6-12-26-15-20)18-13-22(30-2)24(32-4)23(14-18)31-3/h6-7,12-17H,5,8-11H2,1-4H3. The van der Waals surface area contributed by atoms with E-state index in [1.807, 2.05) is 28.9 Å². The fourth-order valence-electron chi connectivity index (χ4n) is 4.09. The molecule has 0 unspecified atom stereocenters. The van der Waals surface area contributed by atoms with Gasteiger partial charge in [-0.3, -0.25) is 4.98 Å². The normalized spacial score (nSPS) is 16.5. The van der Waals surface area contributed by atoms with E-state index < -0.39 is 0 Å². The van der Waals surface area contributed by atoms with Gasteiger partial charge in [-0.1, -0.05) is 13.3 Å². The smallest absolute Gasteiger partial charge is 0.211 e. The summed E-state index contributed by atoms with van der Waals surface area (Å²) in [7, 11) is 4.85. The second kappa shape index (κ2) is 10.7. The van der Waals surface area contributed by atoms with Crippen molar-refractivity contribution in [3.05, 3.63) is 46.8 Å². The molecule has 174 valence electrons. The molecule has 0 spiro atoms. The molecule has 0 bridgehead atoms. The number of nitrogens with zero attached hydrogens (tertiary/aromatic N) is 4. The predicted octanol–water partition coefficient (Wildman–Crippen LogP) is 5.67. The van der Waals surface area contributed by atoms with Crippen LogP contribution < -0.4 is 19.0 Å². The number of rotatable bonds is 7. The van der Waals surface area contributed by atoms with E-state index in [0.717, 1.165) is 40.5 Å². The van der Waals surface area contributed by atoms with Crippen LogP contribution in [0.15, 0.2) is 52.1 Å².